The van der Waals surface area contributed by atoms with Gasteiger partial charge in [0.05, 0.1) is 7.11 Å². The van der Waals surface area contributed by atoms with E-state index in [-0.39, 0.29) is 5.15 Å². The van der Waals surface area contributed by atoms with Gasteiger partial charge in [0.2, 0.25) is 0 Å². The first kappa shape index (κ1) is 21.1. The van der Waals surface area contributed by atoms with Gasteiger partial charge >= 0.3 is 12.2 Å². The third-order valence-electron chi connectivity index (χ3n) is 4.15. The first-order valence-corrected chi connectivity index (χ1v) is 9.20. The molecule has 30 heavy (non-hydrogen) atoms. The van der Waals surface area contributed by atoms with E-state index in [1.807, 2.05) is 0 Å². The number of amides is 2. The van der Waals surface area contributed by atoms with E-state index in [0.717, 1.165) is 0 Å². The second kappa shape index (κ2) is 9.23. The number of halogens is 1. The van der Waals surface area contributed by atoms with E-state index in [1.165, 1.54) is 11.8 Å². The summed E-state index contributed by atoms with van der Waals surface area (Å²) < 4.78 is 11.4. The van der Waals surface area contributed by atoms with Crippen LogP contribution in [0.25, 0.3) is 11.3 Å². The minimum absolute atomic E-state index is 0.265. The monoisotopic (exact) mass is 430 g/mol. The number of aryl methyl sites for hydroxylation is 1. The van der Waals surface area contributed by atoms with E-state index in [9.17, 15) is 9.59 Å². The van der Waals surface area contributed by atoms with E-state index in [4.69, 9.17) is 16.3 Å². The average molecular weight is 431 g/mol. The van der Waals surface area contributed by atoms with Crippen molar-refractivity contribution in [3.63, 3.8) is 0 Å². The summed E-state index contributed by atoms with van der Waals surface area (Å²) in [6.07, 6.45) is -0.328. The number of carbonyl (C=O) groups excluding carboxylic acids is 2. The molecule has 1 aromatic carbocycles. The van der Waals surface area contributed by atoms with Gasteiger partial charge in [0.15, 0.2) is 5.82 Å². The Balaban J connectivity index is 1.73. The number of ether oxygens (including phenoxy) is 2. The van der Waals surface area contributed by atoms with Gasteiger partial charge in [-0.2, -0.15) is 0 Å². The number of nitrogens with one attached hydrogen (secondary N) is 2. The van der Waals surface area contributed by atoms with Crippen LogP contribution in [0.15, 0.2) is 42.6 Å². The Hall–Kier alpha value is -3.66. The van der Waals surface area contributed by atoms with Gasteiger partial charge in [0.25, 0.3) is 0 Å². The van der Waals surface area contributed by atoms with Gasteiger partial charge in [0, 0.05) is 30.1 Å². The molecule has 0 saturated heterocycles. The molecule has 156 valence electrons. The fourth-order valence-electron chi connectivity index (χ4n) is 2.62. The molecule has 2 amide bonds. The van der Waals surface area contributed by atoms with Gasteiger partial charge in [-0.3, -0.25) is 10.6 Å². The summed E-state index contributed by atoms with van der Waals surface area (Å²) in [4.78, 5) is 27.7. The highest BCUT2D eigenvalue weighted by atomic mass is 35.5. The van der Waals surface area contributed by atoms with Crippen molar-refractivity contribution in [3.05, 3.63) is 53.3 Å². The quantitative estimate of drug-likeness (QED) is 0.586. The van der Waals surface area contributed by atoms with Crippen molar-refractivity contribution >= 4 is 35.3 Å². The number of nitrogens with zero attached hydrogens (tertiary/aromatic N) is 4. The largest absolute Gasteiger partial charge is 0.453 e. The Labute approximate surface area is 177 Å². The molecule has 0 bridgehead atoms. The van der Waals surface area contributed by atoms with Crippen molar-refractivity contribution in [2.45, 2.75) is 13.0 Å². The van der Waals surface area contributed by atoms with Crippen molar-refractivity contribution < 1.29 is 19.1 Å². The van der Waals surface area contributed by atoms with Crippen LogP contribution in [-0.4, -0.2) is 39.3 Å². The van der Waals surface area contributed by atoms with Gasteiger partial charge < -0.3 is 9.47 Å². The van der Waals surface area contributed by atoms with Crippen LogP contribution in [0, 0.1) is 0 Å². The zero-order valence-electron chi connectivity index (χ0n) is 16.4. The molecule has 2 heterocycles. The molecule has 3 aromatic rings. The molecule has 1 atom stereocenters. The summed E-state index contributed by atoms with van der Waals surface area (Å²) in [5, 5.41) is 13.5. The van der Waals surface area contributed by atoms with E-state index < -0.39 is 18.3 Å². The van der Waals surface area contributed by atoms with Crippen LogP contribution in [0.3, 0.4) is 0 Å². The zero-order valence-corrected chi connectivity index (χ0v) is 17.2. The smallest absolute Gasteiger partial charge is 0.413 e. The molecule has 0 saturated carbocycles. The molecule has 0 aliphatic rings. The number of benzene rings is 1. The van der Waals surface area contributed by atoms with Crippen molar-refractivity contribution in [2.24, 2.45) is 7.05 Å². The molecule has 2 N–H and O–H groups in total. The lowest BCUT2D eigenvalue weighted by Crippen LogP contribution is -2.18. The Morgan fingerprint density at radius 3 is 2.53 bits per heavy atom. The number of pyridine rings is 1. The maximum atomic E-state index is 12.4. The van der Waals surface area contributed by atoms with Gasteiger partial charge in [0.1, 0.15) is 17.0 Å². The highest BCUT2D eigenvalue weighted by molar-refractivity contribution is 6.30. The lowest BCUT2D eigenvalue weighted by atomic mass is 10.1. The number of rotatable bonds is 5. The SMILES string of the molecule is COC(=O)Nc1ccc(-c2nnn(C)c2NC(=O)O[C@H](C)c2cccnc2Cl)cc1. The molecule has 0 aliphatic heterocycles. The number of methoxy groups -OCH3 is 1. The molecular weight excluding hydrogens is 412 g/mol. The average Bonchev–Trinajstić information content (AvgIpc) is 3.08. The van der Waals surface area contributed by atoms with Gasteiger partial charge in [-0.1, -0.05) is 35.0 Å². The number of hydrogen-bond donors (Lipinski definition) is 2. The molecule has 10 nitrogen and oxygen atoms in total. The molecule has 0 fully saturated rings. The fraction of sp³-hybridized carbons (Fsp3) is 0.211. The number of aromatic nitrogens is 4. The summed E-state index contributed by atoms with van der Waals surface area (Å²) in [7, 11) is 2.92. The maximum absolute atomic E-state index is 12.4. The third-order valence-corrected chi connectivity index (χ3v) is 4.46. The molecular formula is C19H19ClN6O4. The second-order valence-electron chi connectivity index (χ2n) is 6.16. The molecule has 0 aliphatic carbocycles. The van der Waals surface area contributed by atoms with E-state index >= 15 is 0 Å². The predicted octanol–water partition coefficient (Wildman–Crippen LogP) is 4.02. The summed E-state index contributed by atoms with van der Waals surface area (Å²) in [6.45, 7) is 1.69. The summed E-state index contributed by atoms with van der Waals surface area (Å²) in [5.41, 5.74) is 2.25. The zero-order chi connectivity index (χ0) is 21.7. The normalized spacial score (nSPS) is 11.5. The second-order valence-corrected chi connectivity index (χ2v) is 6.52. The molecule has 0 radical (unpaired) electrons. The van der Waals surface area contributed by atoms with E-state index in [1.54, 1.807) is 56.6 Å². The Kier molecular flexibility index (Phi) is 6.48. The number of carbonyl (C=O) groups is 2. The third kappa shape index (κ3) is 4.84. The van der Waals surface area contributed by atoms with E-state index in [0.29, 0.717) is 28.3 Å². The van der Waals surface area contributed by atoms with Crippen LogP contribution in [-0.2, 0) is 16.5 Å². The standard InChI is InChI=1S/C19H19ClN6O4/c1-11(14-5-4-10-21-16(14)20)30-19(28)23-17-15(24-25-26(17)2)12-6-8-13(9-7-12)22-18(27)29-3/h4-11H,1-3H3,(H,22,27)(H,23,28)/t11-/m1/s1. The Morgan fingerprint density at radius 2 is 1.87 bits per heavy atom. The van der Waals surface area contributed by atoms with Crippen LogP contribution < -0.4 is 10.6 Å². The first-order chi connectivity index (χ1) is 14.4. The van der Waals surface area contributed by atoms with Crippen LogP contribution in [0.4, 0.5) is 21.1 Å². The van der Waals surface area contributed by atoms with Gasteiger partial charge in [-0.05, 0) is 25.1 Å². The minimum Gasteiger partial charge on any atom is -0.453 e. The van der Waals surface area contributed by atoms with E-state index in [2.05, 4.69) is 30.7 Å². The maximum Gasteiger partial charge on any atom is 0.413 e. The van der Waals surface area contributed by atoms with Gasteiger partial charge in [-0.15, -0.1) is 5.10 Å². The van der Waals surface area contributed by atoms with Crippen LogP contribution in [0.5, 0.6) is 0 Å². The molecule has 2 aromatic heterocycles. The molecule has 0 spiro atoms. The summed E-state index contributed by atoms with van der Waals surface area (Å²) >= 11 is 6.05. The van der Waals surface area contributed by atoms with Crippen molar-refractivity contribution in [1.82, 2.24) is 20.0 Å². The van der Waals surface area contributed by atoms with Crippen molar-refractivity contribution in [1.29, 1.82) is 0 Å². The highest BCUT2D eigenvalue weighted by Gasteiger charge is 2.19. The summed E-state index contributed by atoms with van der Waals surface area (Å²) in [5.74, 6) is 0.346. The van der Waals surface area contributed by atoms with Gasteiger partial charge in [-0.25, -0.2) is 19.3 Å². The van der Waals surface area contributed by atoms with Crippen molar-refractivity contribution in [2.75, 3.05) is 17.7 Å². The predicted molar refractivity (Wildman–Crippen MR) is 110 cm³/mol. The topological polar surface area (TPSA) is 120 Å². The number of anilines is 2. The van der Waals surface area contributed by atoms with Crippen LogP contribution >= 0.6 is 11.6 Å². The minimum atomic E-state index is -0.696. The molecule has 0 unspecified atom stereocenters. The van der Waals surface area contributed by atoms with Crippen LogP contribution in [0.1, 0.15) is 18.6 Å². The number of hydrogen-bond acceptors (Lipinski definition) is 7. The molecule has 11 heteroatoms. The Morgan fingerprint density at radius 1 is 1.13 bits per heavy atom. The Bertz CT molecular complexity index is 1050. The van der Waals surface area contributed by atoms with Crippen molar-refractivity contribution in [3.8, 4) is 11.3 Å². The lowest BCUT2D eigenvalue weighted by molar-refractivity contribution is 0.121. The summed E-state index contributed by atoms with van der Waals surface area (Å²) in [6, 6.07) is 10.2. The first-order valence-electron chi connectivity index (χ1n) is 8.82. The highest BCUT2D eigenvalue weighted by Crippen LogP contribution is 2.28. The fourth-order valence-corrected chi connectivity index (χ4v) is 2.90. The lowest BCUT2D eigenvalue weighted by Gasteiger charge is -2.15. The van der Waals surface area contributed by atoms with Crippen LogP contribution in [0.2, 0.25) is 5.15 Å². The molecule has 3 rings (SSSR count).